The highest BCUT2D eigenvalue weighted by molar-refractivity contribution is 4.66. The molecule has 0 amide bonds. The number of unbranched alkanes of at least 4 members (excludes halogenated alkanes) is 3. The summed E-state index contributed by atoms with van der Waals surface area (Å²) in [5, 5.41) is 2.79. The first-order chi connectivity index (χ1) is 6.12. The number of rotatable bonds is 8. The molecule has 0 bridgehead atoms. The van der Waals surface area contributed by atoms with Crippen LogP contribution in [0.5, 0.6) is 0 Å². The molecule has 80 valence electrons. The molecule has 0 saturated carbocycles. The van der Waals surface area contributed by atoms with E-state index in [4.69, 9.17) is 0 Å². The van der Waals surface area contributed by atoms with E-state index in [2.05, 4.69) is 12.2 Å². The molecular weight excluding hydrogens is 172 g/mol. The molecule has 0 aromatic rings. The Balaban J connectivity index is 3.16. The Kier molecular flexibility index (Phi) is 7.14. The zero-order chi connectivity index (χ0) is 10.2. The van der Waals surface area contributed by atoms with Gasteiger partial charge in [-0.2, -0.15) is 0 Å². The number of hydrogen-bond acceptors (Lipinski definition) is 1. The second-order valence-corrected chi connectivity index (χ2v) is 3.45. The molecule has 0 spiro atoms. The molecule has 0 rings (SSSR count). The fraction of sp³-hybridized carbons (Fsp3) is 1.00. The van der Waals surface area contributed by atoms with Gasteiger partial charge in [0.2, 0.25) is 0 Å². The molecule has 0 aromatic carbocycles. The second-order valence-electron chi connectivity index (χ2n) is 3.45. The molecule has 0 aromatic heterocycles. The van der Waals surface area contributed by atoms with Gasteiger partial charge in [-0.3, -0.25) is 0 Å². The molecule has 0 atom stereocenters. The lowest BCUT2D eigenvalue weighted by Crippen LogP contribution is -2.32. The van der Waals surface area contributed by atoms with E-state index in [1.165, 1.54) is 19.8 Å². The molecule has 1 N–H and O–H groups in total. The Hall–Kier alpha value is -0.180. The number of halogens is 2. The Morgan fingerprint density at radius 3 is 2.31 bits per heavy atom. The van der Waals surface area contributed by atoms with Crippen molar-refractivity contribution in [3.8, 4) is 0 Å². The Morgan fingerprint density at radius 1 is 1.08 bits per heavy atom. The van der Waals surface area contributed by atoms with E-state index >= 15 is 0 Å². The lowest BCUT2D eigenvalue weighted by Gasteiger charge is -2.14. The highest BCUT2D eigenvalue weighted by atomic mass is 19.3. The molecule has 0 aliphatic heterocycles. The van der Waals surface area contributed by atoms with Gasteiger partial charge < -0.3 is 5.32 Å². The molecule has 13 heavy (non-hydrogen) atoms. The average molecular weight is 193 g/mol. The van der Waals surface area contributed by atoms with Crippen LogP contribution in [0.2, 0.25) is 0 Å². The van der Waals surface area contributed by atoms with E-state index < -0.39 is 5.92 Å². The summed E-state index contributed by atoms with van der Waals surface area (Å²) in [4.78, 5) is 0. The highest BCUT2D eigenvalue weighted by Gasteiger charge is 2.24. The van der Waals surface area contributed by atoms with E-state index in [9.17, 15) is 8.78 Å². The summed E-state index contributed by atoms with van der Waals surface area (Å²) in [6, 6.07) is 0. The van der Waals surface area contributed by atoms with Crippen LogP contribution in [0.4, 0.5) is 8.78 Å². The molecule has 0 saturated heterocycles. The quantitative estimate of drug-likeness (QED) is 0.584. The van der Waals surface area contributed by atoms with E-state index in [1.54, 1.807) is 0 Å². The van der Waals surface area contributed by atoms with Crippen molar-refractivity contribution in [1.29, 1.82) is 0 Å². The molecule has 0 aliphatic carbocycles. The maximum atomic E-state index is 12.7. The lowest BCUT2D eigenvalue weighted by atomic mass is 10.2. The first-order valence-electron chi connectivity index (χ1n) is 5.21. The summed E-state index contributed by atoms with van der Waals surface area (Å²) >= 11 is 0. The van der Waals surface area contributed by atoms with Crippen LogP contribution in [-0.2, 0) is 0 Å². The highest BCUT2D eigenvalue weighted by Crippen LogP contribution is 2.15. The monoisotopic (exact) mass is 193 g/mol. The minimum atomic E-state index is -2.52. The smallest absolute Gasteiger partial charge is 0.260 e. The van der Waals surface area contributed by atoms with Gasteiger partial charge in [-0.05, 0) is 13.0 Å². The third-order valence-electron chi connectivity index (χ3n) is 2.11. The van der Waals surface area contributed by atoms with Crippen LogP contribution in [0.3, 0.4) is 0 Å². The van der Waals surface area contributed by atoms with Gasteiger partial charge in [0.05, 0.1) is 6.54 Å². The molecule has 3 heteroatoms. The number of alkyl halides is 2. The van der Waals surface area contributed by atoms with Crippen LogP contribution in [0, 0.1) is 0 Å². The fourth-order valence-corrected chi connectivity index (χ4v) is 1.07. The van der Waals surface area contributed by atoms with Crippen LogP contribution in [0.25, 0.3) is 0 Å². The largest absolute Gasteiger partial charge is 0.311 e. The van der Waals surface area contributed by atoms with Crippen molar-refractivity contribution in [3.05, 3.63) is 0 Å². The van der Waals surface area contributed by atoms with E-state index in [-0.39, 0.29) is 13.0 Å². The second kappa shape index (κ2) is 7.25. The predicted molar refractivity (Wildman–Crippen MR) is 52.2 cm³/mol. The Bertz CT molecular complexity index is 115. The minimum absolute atomic E-state index is 0.0744. The van der Waals surface area contributed by atoms with Crippen LogP contribution < -0.4 is 5.32 Å². The maximum Gasteiger partial charge on any atom is 0.260 e. The van der Waals surface area contributed by atoms with Crippen LogP contribution >= 0.6 is 0 Å². The minimum Gasteiger partial charge on any atom is -0.311 e. The first kappa shape index (κ1) is 12.8. The summed E-state index contributed by atoms with van der Waals surface area (Å²) in [5.74, 6) is -2.52. The Labute approximate surface area is 79.9 Å². The van der Waals surface area contributed by atoms with Crippen molar-refractivity contribution < 1.29 is 8.78 Å². The zero-order valence-electron chi connectivity index (χ0n) is 8.71. The zero-order valence-corrected chi connectivity index (χ0v) is 8.71. The molecule has 0 aliphatic rings. The summed E-state index contributed by atoms with van der Waals surface area (Å²) in [6.45, 7) is 4.20. The van der Waals surface area contributed by atoms with Crippen molar-refractivity contribution in [1.82, 2.24) is 5.32 Å². The third kappa shape index (κ3) is 8.16. The van der Waals surface area contributed by atoms with Gasteiger partial charge in [-0.25, -0.2) is 8.78 Å². The first-order valence-corrected chi connectivity index (χ1v) is 5.21. The van der Waals surface area contributed by atoms with Crippen molar-refractivity contribution in [3.63, 3.8) is 0 Å². The lowest BCUT2D eigenvalue weighted by molar-refractivity contribution is -0.00146. The third-order valence-corrected chi connectivity index (χ3v) is 2.11. The van der Waals surface area contributed by atoms with Crippen LogP contribution in [0.1, 0.15) is 46.0 Å². The van der Waals surface area contributed by atoms with E-state index in [1.807, 2.05) is 0 Å². The number of hydrogen-bond donors (Lipinski definition) is 1. The SMILES string of the molecule is CCCCCCNCC(F)(F)CC. The van der Waals surface area contributed by atoms with Gasteiger partial charge in [-0.15, -0.1) is 0 Å². The summed E-state index contributed by atoms with van der Waals surface area (Å²) in [7, 11) is 0. The summed E-state index contributed by atoms with van der Waals surface area (Å²) in [5.41, 5.74) is 0. The molecule has 0 unspecified atom stereocenters. The summed E-state index contributed by atoms with van der Waals surface area (Å²) in [6.07, 6.45) is 4.46. The van der Waals surface area contributed by atoms with Gasteiger partial charge in [-0.1, -0.05) is 33.1 Å². The summed E-state index contributed by atoms with van der Waals surface area (Å²) < 4.78 is 25.3. The predicted octanol–water partition coefficient (Wildman–Crippen LogP) is 3.20. The molecule has 1 nitrogen and oxygen atoms in total. The van der Waals surface area contributed by atoms with Crippen LogP contribution in [-0.4, -0.2) is 19.0 Å². The van der Waals surface area contributed by atoms with Gasteiger partial charge in [0.15, 0.2) is 0 Å². The van der Waals surface area contributed by atoms with Gasteiger partial charge >= 0.3 is 0 Å². The van der Waals surface area contributed by atoms with Crippen molar-refractivity contribution in [2.24, 2.45) is 0 Å². The van der Waals surface area contributed by atoms with E-state index in [0.717, 1.165) is 19.4 Å². The Morgan fingerprint density at radius 2 is 1.77 bits per heavy atom. The molecular formula is C10H21F2N. The normalized spacial score (nSPS) is 12.0. The number of nitrogens with one attached hydrogen (secondary N) is 1. The maximum absolute atomic E-state index is 12.7. The molecule has 0 fully saturated rings. The van der Waals surface area contributed by atoms with Crippen LogP contribution in [0.15, 0.2) is 0 Å². The average Bonchev–Trinajstić information content (AvgIpc) is 2.11. The van der Waals surface area contributed by atoms with Gasteiger partial charge in [0, 0.05) is 6.42 Å². The van der Waals surface area contributed by atoms with Crippen molar-refractivity contribution >= 4 is 0 Å². The fourth-order valence-electron chi connectivity index (χ4n) is 1.07. The van der Waals surface area contributed by atoms with Gasteiger partial charge in [0.25, 0.3) is 5.92 Å². The van der Waals surface area contributed by atoms with Crippen molar-refractivity contribution in [2.75, 3.05) is 13.1 Å². The van der Waals surface area contributed by atoms with Gasteiger partial charge in [0.1, 0.15) is 0 Å². The molecule has 0 heterocycles. The van der Waals surface area contributed by atoms with Crippen molar-refractivity contribution in [2.45, 2.75) is 51.9 Å². The topological polar surface area (TPSA) is 12.0 Å². The molecule has 0 radical (unpaired) electrons. The van der Waals surface area contributed by atoms with E-state index in [0.29, 0.717) is 0 Å². The standard InChI is InChI=1S/C10H21F2N/c1-3-5-6-7-8-13-9-10(11,12)4-2/h13H,3-9H2,1-2H3.